The number of alkyl carbamates (subject to hydrolysis) is 1. The fourth-order valence-corrected chi connectivity index (χ4v) is 4.25. The van der Waals surface area contributed by atoms with Crippen LogP contribution in [0.15, 0.2) is 48.5 Å². The fraction of sp³-hybridized carbons (Fsp3) is 0.400. The molecule has 0 aliphatic heterocycles. The van der Waals surface area contributed by atoms with Crippen LogP contribution in [0.2, 0.25) is 0 Å². The van der Waals surface area contributed by atoms with E-state index in [2.05, 4.69) is 17.4 Å². The summed E-state index contributed by atoms with van der Waals surface area (Å²) in [7, 11) is 0. The molecule has 1 aliphatic carbocycles. The molecule has 0 saturated heterocycles. The lowest BCUT2D eigenvalue weighted by Crippen LogP contribution is -2.50. The number of carbonyl (C=O) groups is 3. The Morgan fingerprint density at radius 3 is 2.12 bits per heavy atom. The summed E-state index contributed by atoms with van der Waals surface area (Å²) in [5, 5.41) is 11.8. The van der Waals surface area contributed by atoms with Crippen molar-refractivity contribution in [2.24, 2.45) is 0 Å². The SMILES string of the molecule is CCC[C@H](NC(=O)OCC1c2ccccc2-c2ccccc21)C(=O)N(CCC)CC(=O)O. The molecule has 2 aromatic rings. The molecule has 2 amide bonds. The van der Waals surface area contributed by atoms with Gasteiger partial charge in [0.25, 0.3) is 0 Å². The number of amides is 2. The number of fused-ring (bicyclic) bond motifs is 3. The van der Waals surface area contributed by atoms with Gasteiger partial charge in [-0.25, -0.2) is 4.79 Å². The summed E-state index contributed by atoms with van der Waals surface area (Å²) in [5.41, 5.74) is 4.50. The highest BCUT2D eigenvalue weighted by molar-refractivity contribution is 5.88. The van der Waals surface area contributed by atoms with E-state index >= 15 is 0 Å². The molecule has 7 nitrogen and oxygen atoms in total. The first kappa shape index (κ1) is 23.3. The molecule has 170 valence electrons. The molecule has 1 atom stereocenters. The topological polar surface area (TPSA) is 95.9 Å². The minimum atomic E-state index is -1.08. The van der Waals surface area contributed by atoms with Gasteiger partial charge in [-0.3, -0.25) is 9.59 Å². The maximum absolute atomic E-state index is 12.9. The maximum Gasteiger partial charge on any atom is 0.407 e. The summed E-state index contributed by atoms with van der Waals surface area (Å²) in [6.07, 6.45) is 1.02. The van der Waals surface area contributed by atoms with E-state index in [1.165, 1.54) is 4.90 Å². The van der Waals surface area contributed by atoms with Crippen LogP contribution in [0.5, 0.6) is 0 Å². The van der Waals surface area contributed by atoms with Gasteiger partial charge in [0.1, 0.15) is 19.2 Å². The molecule has 1 aliphatic rings. The summed E-state index contributed by atoms with van der Waals surface area (Å²) >= 11 is 0. The van der Waals surface area contributed by atoms with Crippen LogP contribution >= 0.6 is 0 Å². The smallest absolute Gasteiger partial charge is 0.407 e. The van der Waals surface area contributed by atoms with E-state index < -0.39 is 24.0 Å². The highest BCUT2D eigenvalue weighted by atomic mass is 16.5. The minimum absolute atomic E-state index is 0.0722. The monoisotopic (exact) mass is 438 g/mol. The van der Waals surface area contributed by atoms with Gasteiger partial charge in [-0.1, -0.05) is 68.8 Å². The zero-order valence-corrected chi connectivity index (χ0v) is 18.5. The number of benzene rings is 2. The molecular formula is C25H30N2O5. The lowest BCUT2D eigenvalue weighted by Gasteiger charge is -2.26. The number of ether oxygens (including phenoxy) is 1. The predicted octanol–water partition coefficient (Wildman–Crippen LogP) is 4.02. The third-order valence-electron chi connectivity index (χ3n) is 5.64. The van der Waals surface area contributed by atoms with Crippen LogP contribution < -0.4 is 5.32 Å². The van der Waals surface area contributed by atoms with Gasteiger partial charge in [-0.15, -0.1) is 0 Å². The number of nitrogens with zero attached hydrogens (tertiary/aromatic N) is 1. The molecule has 0 unspecified atom stereocenters. The van der Waals surface area contributed by atoms with E-state index in [4.69, 9.17) is 9.84 Å². The Morgan fingerprint density at radius 1 is 1.00 bits per heavy atom. The van der Waals surface area contributed by atoms with Gasteiger partial charge in [0.15, 0.2) is 0 Å². The standard InChI is InChI=1S/C25H30N2O5/c1-3-9-22(24(30)27(14-4-2)15-23(28)29)26-25(31)32-16-21-19-12-7-5-10-17(19)18-11-6-8-13-20(18)21/h5-8,10-13,21-22H,3-4,9,14-16H2,1-2H3,(H,26,31)(H,28,29)/t22-/m0/s1. The number of carboxylic acid groups (broad SMARTS) is 1. The van der Waals surface area contributed by atoms with Crippen molar-refractivity contribution >= 4 is 18.0 Å². The zero-order valence-electron chi connectivity index (χ0n) is 18.5. The Kier molecular flexibility index (Phi) is 7.87. The number of rotatable bonds is 10. The second-order valence-electron chi connectivity index (χ2n) is 7.96. The number of nitrogens with one attached hydrogen (secondary N) is 1. The Hall–Kier alpha value is -3.35. The Bertz CT molecular complexity index is 929. The zero-order chi connectivity index (χ0) is 23.1. The third-order valence-corrected chi connectivity index (χ3v) is 5.64. The van der Waals surface area contributed by atoms with Crippen LogP contribution in [-0.2, 0) is 14.3 Å². The lowest BCUT2D eigenvalue weighted by molar-refractivity contribution is -0.145. The van der Waals surface area contributed by atoms with Crippen molar-refractivity contribution < 1.29 is 24.2 Å². The average Bonchev–Trinajstić information content (AvgIpc) is 3.10. The van der Waals surface area contributed by atoms with E-state index in [0.717, 1.165) is 22.3 Å². The molecule has 3 rings (SSSR count). The van der Waals surface area contributed by atoms with Crippen LogP contribution in [0.25, 0.3) is 11.1 Å². The third kappa shape index (κ3) is 5.28. The first-order valence-corrected chi connectivity index (χ1v) is 11.1. The molecule has 7 heteroatoms. The summed E-state index contributed by atoms with van der Waals surface area (Å²) in [4.78, 5) is 37.9. The molecule has 0 radical (unpaired) electrons. The van der Waals surface area contributed by atoms with Crippen LogP contribution in [0.4, 0.5) is 4.79 Å². The molecule has 2 N–H and O–H groups in total. The number of carbonyl (C=O) groups excluding carboxylic acids is 2. The van der Waals surface area contributed by atoms with E-state index in [0.29, 0.717) is 25.8 Å². The second-order valence-corrected chi connectivity index (χ2v) is 7.96. The molecule has 32 heavy (non-hydrogen) atoms. The van der Waals surface area contributed by atoms with Crippen molar-refractivity contribution in [3.63, 3.8) is 0 Å². The largest absolute Gasteiger partial charge is 0.480 e. The van der Waals surface area contributed by atoms with E-state index in [1.807, 2.05) is 50.2 Å². The van der Waals surface area contributed by atoms with E-state index in [-0.39, 0.29) is 19.1 Å². The number of aliphatic carboxylic acids is 1. The minimum Gasteiger partial charge on any atom is -0.480 e. The first-order chi connectivity index (χ1) is 15.5. The van der Waals surface area contributed by atoms with Crippen molar-refractivity contribution in [2.45, 2.75) is 45.1 Å². The number of carboxylic acids is 1. The van der Waals surface area contributed by atoms with Crippen LogP contribution in [-0.4, -0.2) is 53.7 Å². The van der Waals surface area contributed by atoms with Gasteiger partial charge < -0.3 is 20.1 Å². The molecule has 0 saturated carbocycles. The van der Waals surface area contributed by atoms with E-state index in [9.17, 15) is 14.4 Å². The fourth-order valence-electron chi connectivity index (χ4n) is 4.25. The highest BCUT2D eigenvalue weighted by Gasteiger charge is 2.30. The summed E-state index contributed by atoms with van der Waals surface area (Å²) in [5.74, 6) is -1.55. The summed E-state index contributed by atoms with van der Waals surface area (Å²) in [6.45, 7) is 3.86. The Balaban J connectivity index is 1.67. The number of hydrogen-bond donors (Lipinski definition) is 2. The van der Waals surface area contributed by atoms with Crippen molar-refractivity contribution in [2.75, 3.05) is 19.7 Å². The quantitative estimate of drug-likeness (QED) is 0.584. The molecule has 0 aromatic heterocycles. The van der Waals surface area contributed by atoms with Gasteiger partial charge in [0.05, 0.1) is 0 Å². The molecule has 0 heterocycles. The van der Waals surface area contributed by atoms with Crippen LogP contribution in [0.3, 0.4) is 0 Å². The number of hydrogen-bond acceptors (Lipinski definition) is 4. The van der Waals surface area contributed by atoms with Gasteiger partial charge in [-0.05, 0) is 35.1 Å². The molecule has 0 spiro atoms. The van der Waals surface area contributed by atoms with Crippen molar-refractivity contribution in [3.05, 3.63) is 59.7 Å². The van der Waals surface area contributed by atoms with Crippen LogP contribution in [0.1, 0.15) is 50.2 Å². The van der Waals surface area contributed by atoms with Crippen LogP contribution in [0, 0.1) is 0 Å². The second kappa shape index (κ2) is 10.8. The lowest BCUT2D eigenvalue weighted by atomic mass is 9.98. The van der Waals surface area contributed by atoms with Crippen molar-refractivity contribution in [1.29, 1.82) is 0 Å². The highest BCUT2D eigenvalue weighted by Crippen LogP contribution is 2.44. The predicted molar refractivity (Wildman–Crippen MR) is 121 cm³/mol. The normalized spacial score (nSPS) is 13.1. The first-order valence-electron chi connectivity index (χ1n) is 11.1. The molecule has 2 aromatic carbocycles. The van der Waals surface area contributed by atoms with Gasteiger partial charge >= 0.3 is 12.1 Å². The average molecular weight is 439 g/mol. The van der Waals surface area contributed by atoms with Crippen molar-refractivity contribution in [1.82, 2.24) is 10.2 Å². The Morgan fingerprint density at radius 2 is 1.59 bits per heavy atom. The van der Waals surface area contributed by atoms with Crippen molar-refractivity contribution in [3.8, 4) is 11.1 Å². The molecule has 0 bridgehead atoms. The van der Waals surface area contributed by atoms with E-state index in [1.54, 1.807) is 0 Å². The van der Waals surface area contributed by atoms with Gasteiger partial charge in [0.2, 0.25) is 5.91 Å². The summed E-state index contributed by atoms with van der Waals surface area (Å²) < 4.78 is 5.55. The molecule has 0 fully saturated rings. The van der Waals surface area contributed by atoms with Gasteiger partial charge in [-0.2, -0.15) is 0 Å². The van der Waals surface area contributed by atoms with Gasteiger partial charge in [0, 0.05) is 12.5 Å². The summed E-state index contributed by atoms with van der Waals surface area (Å²) in [6, 6.07) is 15.3. The molecular weight excluding hydrogens is 408 g/mol. The maximum atomic E-state index is 12.9. The Labute approximate surface area is 188 Å².